The van der Waals surface area contributed by atoms with E-state index in [-0.39, 0.29) is 23.7 Å². The first-order chi connectivity index (χ1) is 15.8. The molecule has 4 heteroatoms. The van der Waals surface area contributed by atoms with E-state index in [1.165, 1.54) is 22.4 Å². The molecule has 4 nitrogen and oxygen atoms in total. The van der Waals surface area contributed by atoms with Gasteiger partial charge in [0.15, 0.2) is 5.78 Å². The van der Waals surface area contributed by atoms with E-state index in [0.29, 0.717) is 31.1 Å². The summed E-state index contributed by atoms with van der Waals surface area (Å²) in [4.78, 5) is 14.3. The fraction of sp³-hybridized carbons (Fsp3) is 0.621. The summed E-state index contributed by atoms with van der Waals surface area (Å²) in [7, 11) is 4.14. The summed E-state index contributed by atoms with van der Waals surface area (Å²) in [6.07, 6.45) is 9.68. The predicted octanol–water partition coefficient (Wildman–Crippen LogP) is 5.16. The second-order valence-corrected chi connectivity index (χ2v) is 11.4. The molecule has 0 aliphatic heterocycles. The molecule has 2 fully saturated rings. The average molecular weight is 450 g/mol. The summed E-state index contributed by atoms with van der Waals surface area (Å²) in [5.74, 6) is 1.50. The van der Waals surface area contributed by atoms with Crippen molar-refractivity contribution >= 4 is 11.5 Å². The molecule has 0 heterocycles. The van der Waals surface area contributed by atoms with Crippen LogP contribution in [0.2, 0.25) is 0 Å². The smallest absolute Gasteiger partial charge is 0.156 e. The molecule has 178 valence electrons. The summed E-state index contributed by atoms with van der Waals surface area (Å²) in [6.45, 7) is 2.47. The molecule has 2 N–H and O–H groups in total. The molecule has 0 saturated heterocycles. The Labute approximate surface area is 198 Å². The first kappa shape index (κ1) is 22.9. The third-order valence-corrected chi connectivity index (χ3v) is 9.62. The van der Waals surface area contributed by atoms with Gasteiger partial charge in [-0.1, -0.05) is 24.6 Å². The van der Waals surface area contributed by atoms with Crippen LogP contribution < -0.4 is 4.90 Å². The van der Waals surface area contributed by atoms with Crippen molar-refractivity contribution in [2.24, 2.45) is 17.3 Å². The highest BCUT2D eigenvalue weighted by atomic mass is 16.3. The van der Waals surface area contributed by atoms with E-state index in [0.717, 1.165) is 38.5 Å². The minimum Gasteiger partial charge on any atom is -0.396 e. The van der Waals surface area contributed by atoms with Crippen molar-refractivity contribution in [2.75, 3.05) is 25.6 Å². The molecule has 0 aromatic heterocycles. The number of fused-ring (bicyclic) bond motifs is 4. The van der Waals surface area contributed by atoms with Crippen molar-refractivity contribution in [1.29, 1.82) is 0 Å². The van der Waals surface area contributed by atoms with Crippen molar-refractivity contribution in [3.8, 4) is 0 Å². The van der Waals surface area contributed by atoms with Gasteiger partial charge in [-0.25, -0.2) is 0 Å². The van der Waals surface area contributed by atoms with Crippen LogP contribution >= 0.6 is 0 Å². The Hall–Kier alpha value is -1.91. The van der Waals surface area contributed by atoms with E-state index >= 15 is 0 Å². The number of hydrogen-bond donors (Lipinski definition) is 2. The van der Waals surface area contributed by atoms with Gasteiger partial charge in [0.05, 0.1) is 5.60 Å². The molecule has 5 atom stereocenters. The van der Waals surface area contributed by atoms with E-state index < -0.39 is 5.60 Å². The van der Waals surface area contributed by atoms with Gasteiger partial charge in [0, 0.05) is 44.1 Å². The zero-order valence-electron chi connectivity index (χ0n) is 20.4. The van der Waals surface area contributed by atoms with Gasteiger partial charge < -0.3 is 15.1 Å². The standard InChI is InChI=1S/C29H39NO3/c1-28-18-25(19-5-8-21(9-6-19)30(2)3)27-23-12-10-22(32)17-20(23)7-11-24(27)26(28)13-15-29(28,33)14-4-16-31/h5-6,8-9,17,24-26,31,33H,4,7,10-16,18H2,1-3H3/t24?,25?,26?,28-,29?/m0/s1. The number of nitrogens with zero attached hydrogens (tertiary/aromatic N) is 1. The molecule has 1 aromatic rings. The number of ketones is 1. The van der Waals surface area contributed by atoms with Gasteiger partial charge in [-0.05, 0) is 98.1 Å². The van der Waals surface area contributed by atoms with Crippen LogP contribution in [-0.4, -0.2) is 42.3 Å². The maximum atomic E-state index is 12.2. The van der Waals surface area contributed by atoms with E-state index in [1.807, 2.05) is 6.08 Å². The maximum absolute atomic E-state index is 12.2. The molecule has 4 aliphatic rings. The Balaban J connectivity index is 1.62. The van der Waals surface area contributed by atoms with Crippen LogP contribution in [0.3, 0.4) is 0 Å². The number of anilines is 1. The second-order valence-electron chi connectivity index (χ2n) is 11.4. The SMILES string of the molecule is CN(C)c1ccc(C2C[C@@]3(C)C(CCC3(O)CCCO)C3CCC4=CC(=O)CCC4=C23)cc1. The van der Waals surface area contributed by atoms with Crippen LogP contribution in [0.4, 0.5) is 5.69 Å². The van der Waals surface area contributed by atoms with E-state index in [1.54, 1.807) is 5.57 Å². The van der Waals surface area contributed by atoms with Crippen LogP contribution in [0.5, 0.6) is 0 Å². The van der Waals surface area contributed by atoms with Gasteiger partial charge in [-0.3, -0.25) is 4.79 Å². The third kappa shape index (κ3) is 3.61. The summed E-state index contributed by atoms with van der Waals surface area (Å²) >= 11 is 0. The summed E-state index contributed by atoms with van der Waals surface area (Å²) in [5, 5.41) is 21.4. The van der Waals surface area contributed by atoms with Crippen LogP contribution in [-0.2, 0) is 4.79 Å². The summed E-state index contributed by atoms with van der Waals surface area (Å²) in [6, 6.07) is 8.98. The molecule has 0 radical (unpaired) electrons. The van der Waals surface area contributed by atoms with Crippen molar-refractivity contribution in [2.45, 2.75) is 76.2 Å². The Morgan fingerprint density at radius 1 is 1.09 bits per heavy atom. The average Bonchev–Trinajstić information content (AvgIpc) is 3.07. The van der Waals surface area contributed by atoms with Crippen molar-refractivity contribution in [3.05, 3.63) is 52.6 Å². The Bertz CT molecular complexity index is 991. The number of carbonyl (C=O) groups is 1. The van der Waals surface area contributed by atoms with Gasteiger partial charge in [-0.2, -0.15) is 0 Å². The first-order valence-electron chi connectivity index (χ1n) is 12.8. The summed E-state index contributed by atoms with van der Waals surface area (Å²) < 4.78 is 0. The number of rotatable bonds is 5. The highest BCUT2D eigenvalue weighted by Crippen LogP contribution is 2.67. The largest absolute Gasteiger partial charge is 0.396 e. The lowest BCUT2D eigenvalue weighted by molar-refractivity contribution is -0.114. The lowest BCUT2D eigenvalue weighted by Crippen LogP contribution is -2.51. The molecule has 5 rings (SSSR count). The maximum Gasteiger partial charge on any atom is 0.156 e. The van der Waals surface area contributed by atoms with Gasteiger partial charge in [0.25, 0.3) is 0 Å². The number of aliphatic hydroxyl groups is 2. The van der Waals surface area contributed by atoms with E-state index in [2.05, 4.69) is 50.2 Å². The van der Waals surface area contributed by atoms with Gasteiger partial charge in [0.2, 0.25) is 0 Å². The Morgan fingerprint density at radius 2 is 1.85 bits per heavy atom. The number of aliphatic hydroxyl groups excluding tert-OH is 1. The van der Waals surface area contributed by atoms with Gasteiger partial charge in [0.1, 0.15) is 0 Å². The van der Waals surface area contributed by atoms with E-state index in [9.17, 15) is 15.0 Å². The lowest BCUT2D eigenvalue weighted by Gasteiger charge is -2.55. The number of benzene rings is 1. The molecule has 0 amide bonds. The molecule has 33 heavy (non-hydrogen) atoms. The van der Waals surface area contributed by atoms with Crippen molar-refractivity contribution in [1.82, 2.24) is 0 Å². The molecule has 4 unspecified atom stereocenters. The highest BCUT2D eigenvalue weighted by Gasteiger charge is 2.62. The minimum atomic E-state index is -0.711. The molecule has 0 bridgehead atoms. The lowest BCUT2D eigenvalue weighted by atomic mass is 9.51. The third-order valence-electron chi connectivity index (χ3n) is 9.62. The molecule has 2 saturated carbocycles. The number of allylic oxidation sites excluding steroid dienone is 4. The van der Waals surface area contributed by atoms with Gasteiger partial charge in [-0.15, -0.1) is 0 Å². The van der Waals surface area contributed by atoms with Crippen molar-refractivity contribution < 1.29 is 15.0 Å². The zero-order chi connectivity index (χ0) is 23.4. The number of hydrogen-bond acceptors (Lipinski definition) is 4. The molecule has 0 spiro atoms. The fourth-order valence-electron chi connectivity index (χ4n) is 7.84. The zero-order valence-corrected chi connectivity index (χ0v) is 20.4. The van der Waals surface area contributed by atoms with Gasteiger partial charge >= 0.3 is 0 Å². The van der Waals surface area contributed by atoms with E-state index in [4.69, 9.17) is 0 Å². The van der Waals surface area contributed by atoms with Crippen LogP contribution in [0, 0.1) is 17.3 Å². The fourth-order valence-corrected chi connectivity index (χ4v) is 7.84. The minimum absolute atomic E-state index is 0.138. The van der Waals surface area contributed by atoms with Crippen LogP contribution in [0.15, 0.2) is 47.1 Å². The quantitative estimate of drug-likeness (QED) is 0.652. The molecule has 4 aliphatic carbocycles. The molecular formula is C29H39NO3. The predicted molar refractivity (Wildman–Crippen MR) is 132 cm³/mol. The van der Waals surface area contributed by atoms with Crippen molar-refractivity contribution in [3.63, 3.8) is 0 Å². The number of carbonyl (C=O) groups excluding carboxylic acids is 1. The second kappa shape index (κ2) is 8.39. The monoisotopic (exact) mass is 449 g/mol. The topological polar surface area (TPSA) is 60.8 Å². The molecular weight excluding hydrogens is 410 g/mol. The van der Waals surface area contributed by atoms with Crippen LogP contribution in [0.1, 0.15) is 76.2 Å². The first-order valence-corrected chi connectivity index (χ1v) is 12.8. The Kier molecular flexibility index (Phi) is 5.81. The van der Waals surface area contributed by atoms with Crippen LogP contribution in [0.25, 0.3) is 0 Å². The normalized spacial score (nSPS) is 35.6. The molecule has 1 aromatic carbocycles. The Morgan fingerprint density at radius 3 is 2.55 bits per heavy atom. The highest BCUT2D eigenvalue weighted by molar-refractivity contribution is 5.93. The summed E-state index contributed by atoms with van der Waals surface area (Å²) in [5.41, 5.74) is 5.98.